The second kappa shape index (κ2) is 12.7. The van der Waals surface area contributed by atoms with Gasteiger partial charge in [-0.2, -0.15) is 0 Å². The quantitative estimate of drug-likeness (QED) is 0.174. The van der Waals surface area contributed by atoms with Crippen molar-refractivity contribution in [3.05, 3.63) is 177 Å². The van der Waals surface area contributed by atoms with Crippen LogP contribution in [0.15, 0.2) is 121 Å². The number of hydrogen-bond acceptors (Lipinski definition) is 5. The monoisotopic (exact) mass is 797 g/mol. The molecule has 0 unspecified atom stereocenters. The lowest BCUT2D eigenvalue weighted by atomic mass is 9.74. The Bertz CT molecular complexity index is 3200. The number of para-hydroxylation sites is 1. The van der Waals surface area contributed by atoms with E-state index in [-0.39, 0.29) is 11.0 Å². The maximum absolute atomic E-state index is 7.18. The SMILES string of the molecule is Cc1cc(C)c(N2C(c3cc(Oc4cc5c(cc4C)C(C)(C)c4cccc6c7c(C)ccnc7n-5c46)cc(-c4ccccn4)c3)=N[C@]3(C)c4ccc(C)cc4C[C@]23C)c(C)c1. The summed E-state index contributed by atoms with van der Waals surface area (Å²) in [6, 6.07) is 37.6. The molecule has 3 aliphatic rings. The molecule has 11 rings (SSSR count). The number of anilines is 1. The van der Waals surface area contributed by atoms with Gasteiger partial charge in [-0.3, -0.25) is 14.5 Å². The van der Waals surface area contributed by atoms with Crippen LogP contribution in [0.4, 0.5) is 5.69 Å². The van der Waals surface area contributed by atoms with E-state index in [9.17, 15) is 0 Å². The summed E-state index contributed by atoms with van der Waals surface area (Å²) < 4.78 is 9.55. The topological polar surface area (TPSA) is 55.5 Å². The van der Waals surface area contributed by atoms with Crippen LogP contribution in [0, 0.1) is 41.5 Å². The van der Waals surface area contributed by atoms with Crippen molar-refractivity contribution in [2.24, 2.45) is 4.99 Å². The Balaban J connectivity index is 1.12. The summed E-state index contributed by atoms with van der Waals surface area (Å²) in [5, 5.41) is 2.43. The highest BCUT2D eigenvalue weighted by Crippen LogP contribution is 2.57. The normalized spacial score (nSPS) is 19.6. The summed E-state index contributed by atoms with van der Waals surface area (Å²) in [5.41, 5.74) is 18.8. The van der Waals surface area contributed by atoms with Gasteiger partial charge in [0.2, 0.25) is 0 Å². The summed E-state index contributed by atoms with van der Waals surface area (Å²) in [7, 11) is 0. The van der Waals surface area contributed by atoms with Crippen LogP contribution in [0.5, 0.6) is 11.5 Å². The van der Waals surface area contributed by atoms with E-state index in [0.717, 1.165) is 57.5 Å². The summed E-state index contributed by atoms with van der Waals surface area (Å²) in [4.78, 5) is 18.3. The highest BCUT2D eigenvalue weighted by molar-refractivity contribution is 6.15. The number of amidine groups is 1. The van der Waals surface area contributed by atoms with E-state index in [0.29, 0.717) is 0 Å². The van der Waals surface area contributed by atoms with Crippen molar-refractivity contribution in [3.8, 4) is 28.4 Å². The van der Waals surface area contributed by atoms with Crippen molar-refractivity contribution in [2.45, 2.75) is 92.2 Å². The third kappa shape index (κ3) is 5.17. The Morgan fingerprint density at radius 3 is 2.18 bits per heavy atom. The summed E-state index contributed by atoms with van der Waals surface area (Å²) in [6.07, 6.45) is 4.67. The molecule has 1 aliphatic carbocycles. The number of ether oxygens (including phenoxy) is 1. The van der Waals surface area contributed by atoms with E-state index < -0.39 is 5.54 Å². The van der Waals surface area contributed by atoms with Crippen LogP contribution < -0.4 is 9.64 Å². The van der Waals surface area contributed by atoms with Crippen molar-refractivity contribution in [1.29, 1.82) is 0 Å². The van der Waals surface area contributed by atoms with Crippen molar-refractivity contribution >= 4 is 33.5 Å². The molecule has 0 saturated carbocycles. The summed E-state index contributed by atoms with van der Waals surface area (Å²) in [6.45, 7) is 22.6. The van der Waals surface area contributed by atoms with E-state index in [1.54, 1.807) is 0 Å². The van der Waals surface area contributed by atoms with Gasteiger partial charge >= 0.3 is 0 Å². The van der Waals surface area contributed by atoms with Gasteiger partial charge in [0.1, 0.15) is 28.5 Å². The molecular weight excluding hydrogens is 747 g/mol. The molecule has 5 heterocycles. The lowest BCUT2D eigenvalue weighted by Crippen LogP contribution is -2.54. The molecular formula is C55H51N5O. The van der Waals surface area contributed by atoms with E-state index in [1.165, 1.54) is 72.0 Å². The van der Waals surface area contributed by atoms with Crippen molar-refractivity contribution in [3.63, 3.8) is 0 Å². The molecule has 0 bridgehead atoms. The Morgan fingerprint density at radius 1 is 0.623 bits per heavy atom. The number of aliphatic imine (C=N–C) groups is 1. The van der Waals surface area contributed by atoms with E-state index >= 15 is 0 Å². The second-order valence-corrected chi connectivity index (χ2v) is 18.9. The fourth-order valence-electron chi connectivity index (χ4n) is 11.3. The van der Waals surface area contributed by atoms with Gasteiger partial charge in [0.25, 0.3) is 0 Å². The van der Waals surface area contributed by atoms with Crippen molar-refractivity contribution in [1.82, 2.24) is 14.5 Å². The first-order chi connectivity index (χ1) is 29.2. The molecule has 2 aliphatic heterocycles. The number of hydrogen-bond donors (Lipinski definition) is 0. The second-order valence-electron chi connectivity index (χ2n) is 18.9. The molecule has 5 aromatic carbocycles. The molecule has 0 saturated heterocycles. The maximum atomic E-state index is 7.18. The molecule has 0 fully saturated rings. The third-order valence-electron chi connectivity index (χ3n) is 14.4. The predicted octanol–water partition coefficient (Wildman–Crippen LogP) is 13.0. The van der Waals surface area contributed by atoms with Crippen LogP contribution in [-0.2, 0) is 17.4 Å². The summed E-state index contributed by atoms with van der Waals surface area (Å²) >= 11 is 0. The third-order valence-corrected chi connectivity index (χ3v) is 14.4. The number of rotatable bonds is 5. The Labute approximate surface area is 358 Å². The molecule has 0 spiro atoms. The van der Waals surface area contributed by atoms with Gasteiger partial charge in [-0.15, -0.1) is 0 Å². The molecule has 6 nitrogen and oxygen atoms in total. The largest absolute Gasteiger partial charge is 0.457 e. The highest BCUT2D eigenvalue weighted by atomic mass is 16.5. The minimum atomic E-state index is -0.493. The number of aromatic nitrogens is 3. The summed E-state index contributed by atoms with van der Waals surface area (Å²) in [5.74, 6) is 2.48. The van der Waals surface area contributed by atoms with E-state index in [1.807, 2.05) is 24.5 Å². The Hall–Kier alpha value is -6.53. The highest BCUT2D eigenvalue weighted by Gasteiger charge is 2.61. The zero-order chi connectivity index (χ0) is 42.3. The molecule has 302 valence electrons. The number of aryl methyl sites for hydroxylation is 6. The zero-order valence-electron chi connectivity index (χ0n) is 36.8. The lowest BCUT2D eigenvalue weighted by molar-refractivity contribution is 0.321. The average Bonchev–Trinajstić information content (AvgIpc) is 3.76. The smallest absolute Gasteiger partial charge is 0.145 e. The Morgan fingerprint density at radius 2 is 1.41 bits per heavy atom. The first kappa shape index (κ1) is 37.5. The van der Waals surface area contributed by atoms with Gasteiger partial charge in [0, 0.05) is 51.5 Å². The number of fused-ring (bicyclic) bond motifs is 8. The van der Waals surface area contributed by atoms with Gasteiger partial charge in [-0.05, 0) is 149 Å². The van der Waals surface area contributed by atoms with Gasteiger partial charge in [-0.1, -0.05) is 79.6 Å². The zero-order valence-corrected chi connectivity index (χ0v) is 36.8. The molecule has 61 heavy (non-hydrogen) atoms. The van der Waals surface area contributed by atoms with Crippen LogP contribution in [0.3, 0.4) is 0 Å². The molecule has 0 radical (unpaired) electrons. The fourth-order valence-corrected chi connectivity index (χ4v) is 11.3. The van der Waals surface area contributed by atoms with Gasteiger partial charge < -0.3 is 9.64 Å². The van der Waals surface area contributed by atoms with Crippen LogP contribution in [0.1, 0.15) is 88.9 Å². The van der Waals surface area contributed by atoms with Crippen LogP contribution in [-0.4, -0.2) is 25.9 Å². The minimum Gasteiger partial charge on any atom is -0.457 e. The minimum absolute atomic E-state index is 0.236. The van der Waals surface area contributed by atoms with Crippen LogP contribution >= 0.6 is 0 Å². The van der Waals surface area contributed by atoms with E-state index in [2.05, 4.69) is 170 Å². The van der Waals surface area contributed by atoms with Crippen LogP contribution in [0.2, 0.25) is 0 Å². The molecule has 3 aromatic heterocycles. The molecule has 6 heteroatoms. The van der Waals surface area contributed by atoms with Gasteiger partial charge in [0.15, 0.2) is 0 Å². The fraction of sp³-hybridized carbons (Fsp3) is 0.255. The standard InChI is InChI=1S/C55H51N5O/c1-31-17-18-42-39(24-31)30-54(9)55(42,10)58-51(60(54)49-35(5)22-32(2)23-36(49)6)38-26-37(45-16-11-12-20-56-45)27-40(28-38)61-47-29-46-44(25-34(47)4)53(7,8)43-15-13-14-41-48-33(3)19-21-57-52(48)59(46)50(41)43/h11-29H,30H2,1-10H3/t54-,55+/m0/s1. The lowest BCUT2D eigenvalue weighted by Gasteiger charge is -2.43. The first-order valence-corrected chi connectivity index (χ1v) is 21.6. The molecule has 0 amide bonds. The van der Waals surface area contributed by atoms with Gasteiger partial charge in [0.05, 0.1) is 22.4 Å². The number of pyridine rings is 2. The van der Waals surface area contributed by atoms with Crippen molar-refractivity contribution in [2.75, 3.05) is 4.90 Å². The van der Waals surface area contributed by atoms with Crippen LogP contribution in [0.25, 0.3) is 38.9 Å². The van der Waals surface area contributed by atoms with Gasteiger partial charge in [-0.25, -0.2) is 4.98 Å². The number of benzene rings is 5. The first-order valence-electron chi connectivity index (χ1n) is 21.6. The number of nitrogens with zero attached hydrogens (tertiary/aromatic N) is 5. The maximum Gasteiger partial charge on any atom is 0.145 e. The van der Waals surface area contributed by atoms with Crippen molar-refractivity contribution < 1.29 is 4.74 Å². The van der Waals surface area contributed by atoms with E-state index in [4.69, 9.17) is 19.7 Å². The molecule has 8 aromatic rings. The Kier molecular flexibility index (Phi) is 7.83. The average molecular weight is 798 g/mol. The molecule has 2 atom stereocenters. The predicted molar refractivity (Wildman–Crippen MR) is 250 cm³/mol. The molecule has 0 N–H and O–H groups in total.